The van der Waals surface area contributed by atoms with E-state index in [9.17, 15) is 4.79 Å². The van der Waals surface area contributed by atoms with Crippen LogP contribution in [0.2, 0.25) is 4.34 Å². The molecule has 1 heterocycles. The fraction of sp³-hybridized carbons (Fsp3) is 0. The van der Waals surface area contributed by atoms with Gasteiger partial charge in [0.2, 0.25) is 0 Å². The van der Waals surface area contributed by atoms with Gasteiger partial charge in [0.05, 0.1) is 6.20 Å². The van der Waals surface area contributed by atoms with Crippen LogP contribution in [0.4, 0.5) is 0 Å². The van der Waals surface area contributed by atoms with Crippen LogP contribution >= 0.6 is 22.9 Å². The topological polar surface area (TPSA) is 30.0 Å². The van der Waals surface area contributed by atoms with E-state index < -0.39 is 0 Å². The summed E-state index contributed by atoms with van der Waals surface area (Å²) in [6.07, 6.45) is 2.13. The van der Waals surface area contributed by atoms with Crippen molar-refractivity contribution in [1.29, 1.82) is 0 Å². The van der Waals surface area contributed by atoms with Gasteiger partial charge < -0.3 is 0 Å². The molecule has 2 nitrogen and oxygen atoms in total. The van der Waals surface area contributed by atoms with E-state index in [-0.39, 0.29) is 0 Å². The van der Waals surface area contributed by atoms with Crippen molar-refractivity contribution in [3.63, 3.8) is 0 Å². The average molecular weight is 148 g/mol. The molecule has 0 atom stereocenters. The van der Waals surface area contributed by atoms with Gasteiger partial charge in [-0.1, -0.05) is 22.9 Å². The Morgan fingerprint density at radius 2 is 2.62 bits per heavy atom. The molecular weight excluding hydrogens is 146 g/mol. The lowest BCUT2D eigenvalue weighted by Gasteiger charge is -1.66. The maximum Gasteiger partial charge on any atom is 0.178 e. The Morgan fingerprint density at radius 3 is 2.88 bits per heavy atom. The van der Waals surface area contributed by atoms with Gasteiger partial charge in [0.25, 0.3) is 0 Å². The molecular formula is C4H2ClNOS. The Morgan fingerprint density at radius 1 is 1.88 bits per heavy atom. The first-order valence-corrected chi connectivity index (χ1v) is 3.09. The molecule has 1 aromatic heterocycles. The van der Waals surface area contributed by atoms with Gasteiger partial charge in [-0.3, -0.25) is 4.79 Å². The summed E-state index contributed by atoms with van der Waals surface area (Å²) in [6.45, 7) is 0. The highest BCUT2D eigenvalue weighted by atomic mass is 35.5. The van der Waals surface area contributed by atoms with E-state index in [1.54, 1.807) is 0 Å². The molecule has 1 aromatic rings. The zero-order valence-corrected chi connectivity index (χ0v) is 5.37. The third kappa shape index (κ3) is 1.05. The minimum atomic E-state index is 0.426. The normalized spacial score (nSPS) is 9.12. The number of aldehydes is 1. The first kappa shape index (κ1) is 5.72. The Bertz CT molecular complexity index is 198. The van der Waals surface area contributed by atoms with E-state index in [4.69, 9.17) is 11.6 Å². The second-order valence-corrected chi connectivity index (χ2v) is 2.81. The Kier molecular flexibility index (Phi) is 1.60. The lowest BCUT2D eigenvalue weighted by Crippen LogP contribution is -1.69. The van der Waals surface area contributed by atoms with Crippen LogP contribution in [0.5, 0.6) is 0 Å². The third-order valence-electron chi connectivity index (χ3n) is 0.596. The summed E-state index contributed by atoms with van der Waals surface area (Å²) < 4.78 is 0.548. The number of aromatic nitrogens is 1. The summed E-state index contributed by atoms with van der Waals surface area (Å²) in [5, 5.41) is 0.426. The molecule has 0 amide bonds. The molecule has 0 unspecified atom stereocenters. The van der Waals surface area contributed by atoms with E-state index in [1.807, 2.05) is 0 Å². The zero-order valence-electron chi connectivity index (χ0n) is 3.80. The maximum absolute atomic E-state index is 9.91. The van der Waals surface area contributed by atoms with Crippen LogP contribution in [0.25, 0.3) is 0 Å². The van der Waals surface area contributed by atoms with Gasteiger partial charge in [0, 0.05) is 0 Å². The van der Waals surface area contributed by atoms with Crippen LogP contribution in [-0.4, -0.2) is 11.3 Å². The highest BCUT2D eigenvalue weighted by Crippen LogP contribution is 2.15. The minimum Gasteiger partial charge on any atom is -0.295 e. The second-order valence-electron chi connectivity index (χ2n) is 1.12. The lowest BCUT2D eigenvalue weighted by molar-refractivity contribution is 0.112. The van der Waals surface area contributed by atoms with E-state index in [2.05, 4.69) is 4.98 Å². The number of carbonyl (C=O) groups excluding carboxylic acids is 1. The number of rotatable bonds is 1. The monoisotopic (exact) mass is 147 g/mol. The van der Waals surface area contributed by atoms with Crippen molar-refractivity contribution < 1.29 is 4.79 Å². The summed E-state index contributed by atoms with van der Waals surface area (Å²) in [5.74, 6) is 0. The zero-order chi connectivity index (χ0) is 5.98. The van der Waals surface area contributed by atoms with Crippen LogP contribution in [-0.2, 0) is 0 Å². The number of carbonyl (C=O) groups is 1. The summed E-state index contributed by atoms with van der Waals surface area (Å²) in [5.41, 5.74) is 0. The van der Waals surface area contributed by atoms with Crippen molar-refractivity contribution in [2.45, 2.75) is 0 Å². The molecule has 0 bridgehead atoms. The van der Waals surface area contributed by atoms with Gasteiger partial charge in [-0.25, -0.2) is 4.98 Å². The number of halogens is 1. The summed E-state index contributed by atoms with van der Waals surface area (Å²) in [7, 11) is 0. The standard InChI is InChI=1S/C4H2ClNOS/c5-3-1-6-4(2-7)8-3/h1-2H. The molecule has 42 valence electrons. The van der Waals surface area contributed by atoms with Crippen molar-refractivity contribution in [2.24, 2.45) is 0 Å². The molecule has 0 spiro atoms. The van der Waals surface area contributed by atoms with Gasteiger partial charge in [0.15, 0.2) is 11.3 Å². The van der Waals surface area contributed by atoms with E-state index in [0.717, 1.165) is 0 Å². The first-order valence-electron chi connectivity index (χ1n) is 1.89. The number of hydrogen-bond donors (Lipinski definition) is 0. The Balaban J connectivity index is 3.00. The smallest absolute Gasteiger partial charge is 0.178 e. The van der Waals surface area contributed by atoms with E-state index in [0.29, 0.717) is 15.6 Å². The van der Waals surface area contributed by atoms with Crippen molar-refractivity contribution in [2.75, 3.05) is 0 Å². The molecule has 0 saturated heterocycles. The van der Waals surface area contributed by atoms with Crippen LogP contribution in [0.15, 0.2) is 6.20 Å². The SMILES string of the molecule is O=Cc1ncc(Cl)s1. The van der Waals surface area contributed by atoms with Gasteiger partial charge >= 0.3 is 0 Å². The quantitative estimate of drug-likeness (QED) is 0.565. The van der Waals surface area contributed by atoms with Crippen molar-refractivity contribution in [1.82, 2.24) is 4.98 Å². The molecule has 8 heavy (non-hydrogen) atoms. The fourth-order valence-corrected chi connectivity index (χ4v) is 1.07. The summed E-state index contributed by atoms with van der Waals surface area (Å²) >= 11 is 6.61. The van der Waals surface area contributed by atoms with Crippen molar-refractivity contribution >= 4 is 29.2 Å². The van der Waals surface area contributed by atoms with Crippen molar-refractivity contribution in [3.05, 3.63) is 15.5 Å². The predicted octanol–water partition coefficient (Wildman–Crippen LogP) is 1.61. The Hall–Kier alpha value is -0.410. The van der Waals surface area contributed by atoms with Crippen molar-refractivity contribution in [3.8, 4) is 0 Å². The molecule has 0 radical (unpaired) electrons. The molecule has 0 saturated carbocycles. The second kappa shape index (κ2) is 2.24. The first-order chi connectivity index (χ1) is 3.83. The fourth-order valence-electron chi connectivity index (χ4n) is 0.321. The van der Waals surface area contributed by atoms with E-state index in [1.165, 1.54) is 17.5 Å². The number of thiazole rings is 1. The third-order valence-corrected chi connectivity index (χ3v) is 1.64. The van der Waals surface area contributed by atoms with Crippen LogP contribution < -0.4 is 0 Å². The minimum absolute atomic E-state index is 0.426. The highest BCUT2D eigenvalue weighted by Gasteiger charge is 1.93. The van der Waals surface area contributed by atoms with Crippen LogP contribution in [0, 0.1) is 0 Å². The highest BCUT2D eigenvalue weighted by molar-refractivity contribution is 7.17. The maximum atomic E-state index is 9.91. The number of hydrogen-bond acceptors (Lipinski definition) is 3. The lowest BCUT2D eigenvalue weighted by atomic mass is 10.8. The molecule has 0 aliphatic carbocycles. The molecule has 0 aromatic carbocycles. The van der Waals surface area contributed by atoms with Gasteiger partial charge in [-0.15, -0.1) is 0 Å². The molecule has 0 aliphatic rings. The summed E-state index contributed by atoms with van der Waals surface area (Å²) in [6, 6.07) is 0. The van der Waals surface area contributed by atoms with Gasteiger partial charge in [-0.2, -0.15) is 0 Å². The van der Waals surface area contributed by atoms with Crippen LogP contribution in [0.1, 0.15) is 9.80 Å². The predicted molar refractivity (Wildman–Crippen MR) is 32.5 cm³/mol. The van der Waals surface area contributed by atoms with E-state index >= 15 is 0 Å². The van der Waals surface area contributed by atoms with Gasteiger partial charge in [-0.05, 0) is 0 Å². The number of nitrogens with zero attached hydrogens (tertiary/aromatic N) is 1. The van der Waals surface area contributed by atoms with Gasteiger partial charge in [0.1, 0.15) is 4.34 Å². The average Bonchev–Trinajstić information content (AvgIpc) is 2.14. The molecule has 0 N–H and O–H groups in total. The largest absolute Gasteiger partial charge is 0.295 e. The Labute approximate surface area is 55.1 Å². The molecule has 0 fully saturated rings. The van der Waals surface area contributed by atoms with Crippen LogP contribution in [0.3, 0.4) is 0 Å². The molecule has 4 heteroatoms. The molecule has 1 rings (SSSR count). The summed E-state index contributed by atoms with van der Waals surface area (Å²) in [4.78, 5) is 13.6. The molecule has 0 aliphatic heterocycles.